The van der Waals surface area contributed by atoms with Crippen molar-refractivity contribution in [2.45, 2.75) is 26.3 Å². The van der Waals surface area contributed by atoms with E-state index < -0.39 is 0 Å². The minimum absolute atomic E-state index is 0.0296. The number of hydrogen-bond donors (Lipinski definition) is 1. The Hall–Kier alpha value is -2.69. The number of rotatable bonds is 8. The van der Waals surface area contributed by atoms with Crippen molar-refractivity contribution in [3.8, 4) is 17.2 Å². The number of nitrogens with one attached hydrogen (secondary N) is 1. The summed E-state index contributed by atoms with van der Waals surface area (Å²) >= 11 is 0. The van der Waals surface area contributed by atoms with Crippen molar-refractivity contribution in [3.05, 3.63) is 53.1 Å². The highest BCUT2D eigenvalue weighted by Crippen LogP contribution is 2.38. The summed E-state index contributed by atoms with van der Waals surface area (Å²) in [6.45, 7) is 2.50. The molecule has 0 saturated carbocycles. The first kappa shape index (κ1) is 18.6. The van der Waals surface area contributed by atoms with Crippen LogP contribution in [0.5, 0.6) is 17.2 Å². The maximum absolute atomic E-state index is 12.2. The monoisotopic (exact) mass is 343 g/mol. The summed E-state index contributed by atoms with van der Waals surface area (Å²) in [6, 6.07) is 11.8. The summed E-state index contributed by atoms with van der Waals surface area (Å²) in [6.07, 6.45) is 1.35. The van der Waals surface area contributed by atoms with E-state index in [9.17, 15) is 4.79 Å². The van der Waals surface area contributed by atoms with Gasteiger partial charge in [-0.1, -0.05) is 31.2 Å². The van der Waals surface area contributed by atoms with Gasteiger partial charge < -0.3 is 19.5 Å². The van der Waals surface area contributed by atoms with Crippen LogP contribution in [-0.4, -0.2) is 27.2 Å². The molecular weight excluding hydrogens is 318 g/mol. The van der Waals surface area contributed by atoms with Crippen molar-refractivity contribution >= 4 is 5.91 Å². The number of amides is 1. The van der Waals surface area contributed by atoms with E-state index in [1.807, 2.05) is 24.3 Å². The van der Waals surface area contributed by atoms with Crippen LogP contribution in [-0.2, 0) is 24.2 Å². The van der Waals surface area contributed by atoms with E-state index in [0.717, 1.165) is 17.5 Å². The van der Waals surface area contributed by atoms with Gasteiger partial charge >= 0.3 is 0 Å². The van der Waals surface area contributed by atoms with E-state index in [-0.39, 0.29) is 5.91 Å². The molecule has 0 aromatic heterocycles. The molecule has 1 N–H and O–H groups in total. The van der Waals surface area contributed by atoms with E-state index in [1.165, 1.54) is 5.56 Å². The Kier molecular flexibility index (Phi) is 6.69. The maximum Gasteiger partial charge on any atom is 0.224 e. The Labute approximate surface area is 148 Å². The number of hydrogen-bond acceptors (Lipinski definition) is 4. The Bertz CT molecular complexity index is 685. The molecule has 0 unspecified atom stereocenters. The van der Waals surface area contributed by atoms with Crippen molar-refractivity contribution in [3.63, 3.8) is 0 Å². The van der Waals surface area contributed by atoms with Gasteiger partial charge in [-0.15, -0.1) is 0 Å². The molecule has 134 valence electrons. The Morgan fingerprint density at radius 3 is 1.92 bits per heavy atom. The van der Waals surface area contributed by atoms with Crippen molar-refractivity contribution < 1.29 is 19.0 Å². The zero-order chi connectivity index (χ0) is 18.2. The third-order valence-corrected chi connectivity index (χ3v) is 4.01. The van der Waals surface area contributed by atoms with Gasteiger partial charge in [0.05, 0.1) is 27.8 Å². The zero-order valence-corrected chi connectivity index (χ0v) is 15.2. The molecule has 0 atom stereocenters. The Morgan fingerprint density at radius 2 is 1.44 bits per heavy atom. The standard InChI is InChI=1S/C20H25NO4/c1-5-14-6-8-15(9-7-14)12-19(22)21-13-16-10-17(23-2)20(25-4)18(11-16)24-3/h6-11H,5,12-13H2,1-4H3,(H,21,22). The van der Waals surface area contributed by atoms with Crippen molar-refractivity contribution in [1.29, 1.82) is 0 Å². The summed E-state index contributed by atoms with van der Waals surface area (Å²) in [7, 11) is 4.70. The highest BCUT2D eigenvalue weighted by Gasteiger charge is 2.13. The van der Waals surface area contributed by atoms with E-state index in [2.05, 4.69) is 24.4 Å². The lowest BCUT2D eigenvalue weighted by Gasteiger charge is -2.14. The van der Waals surface area contributed by atoms with E-state index in [0.29, 0.717) is 30.2 Å². The largest absolute Gasteiger partial charge is 0.493 e. The second kappa shape index (κ2) is 8.97. The van der Waals surface area contributed by atoms with Gasteiger partial charge in [0, 0.05) is 6.54 Å². The zero-order valence-electron chi connectivity index (χ0n) is 15.2. The quantitative estimate of drug-likeness (QED) is 0.800. The molecule has 0 fully saturated rings. The molecule has 0 spiro atoms. The molecule has 0 aliphatic rings. The van der Waals surface area contributed by atoms with Gasteiger partial charge in [0.25, 0.3) is 0 Å². The predicted molar refractivity (Wildman–Crippen MR) is 97.5 cm³/mol. The number of ether oxygens (including phenoxy) is 3. The minimum Gasteiger partial charge on any atom is -0.493 e. The molecule has 0 aliphatic carbocycles. The van der Waals surface area contributed by atoms with Crippen LogP contribution in [0.15, 0.2) is 36.4 Å². The van der Waals surface area contributed by atoms with Crippen LogP contribution in [0.4, 0.5) is 0 Å². The predicted octanol–water partition coefficient (Wildman–Crippen LogP) is 3.13. The van der Waals surface area contributed by atoms with Crippen molar-refractivity contribution in [1.82, 2.24) is 5.32 Å². The van der Waals surface area contributed by atoms with Crippen LogP contribution in [0.1, 0.15) is 23.6 Å². The fourth-order valence-corrected chi connectivity index (χ4v) is 2.58. The molecule has 2 rings (SSSR count). The SMILES string of the molecule is CCc1ccc(CC(=O)NCc2cc(OC)c(OC)c(OC)c2)cc1. The lowest BCUT2D eigenvalue weighted by Crippen LogP contribution is -2.24. The van der Waals surface area contributed by atoms with Gasteiger partial charge in [-0.3, -0.25) is 4.79 Å². The van der Waals surface area contributed by atoms with Gasteiger partial charge in [0.15, 0.2) is 11.5 Å². The molecule has 25 heavy (non-hydrogen) atoms. The summed E-state index contributed by atoms with van der Waals surface area (Å²) in [4.78, 5) is 12.2. The molecule has 5 nitrogen and oxygen atoms in total. The molecule has 2 aromatic carbocycles. The highest BCUT2D eigenvalue weighted by molar-refractivity contribution is 5.78. The average Bonchev–Trinajstić information content (AvgIpc) is 2.65. The van der Waals surface area contributed by atoms with E-state index >= 15 is 0 Å². The summed E-state index contributed by atoms with van der Waals surface area (Å²) in [5.41, 5.74) is 3.14. The van der Waals surface area contributed by atoms with Gasteiger partial charge in [0.1, 0.15) is 0 Å². The van der Waals surface area contributed by atoms with Crippen LogP contribution in [0.2, 0.25) is 0 Å². The number of aryl methyl sites for hydroxylation is 1. The average molecular weight is 343 g/mol. The molecule has 2 aromatic rings. The van der Waals surface area contributed by atoms with Gasteiger partial charge in [0.2, 0.25) is 11.7 Å². The normalized spacial score (nSPS) is 10.2. The first-order valence-electron chi connectivity index (χ1n) is 8.24. The number of carbonyl (C=O) groups excluding carboxylic acids is 1. The van der Waals surface area contributed by atoms with Crippen LogP contribution < -0.4 is 19.5 Å². The number of methoxy groups -OCH3 is 3. The second-order valence-corrected chi connectivity index (χ2v) is 5.66. The molecule has 1 amide bonds. The van der Waals surface area contributed by atoms with Crippen LogP contribution in [0, 0.1) is 0 Å². The third kappa shape index (κ3) is 4.89. The Morgan fingerprint density at radius 1 is 0.880 bits per heavy atom. The number of carbonyl (C=O) groups is 1. The third-order valence-electron chi connectivity index (χ3n) is 4.01. The molecular formula is C20H25NO4. The van der Waals surface area contributed by atoms with Gasteiger partial charge in [-0.25, -0.2) is 0 Å². The lowest BCUT2D eigenvalue weighted by molar-refractivity contribution is -0.120. The van der Waals surface area contributed by atoms with Crippen LogP contribution in [0.3, 0.4) is 0 Å². The fraction of sp³-hybridized carbons (Fsp3) is 0.350. The molecule has 0 heterocycles. The van der Waals surface area contributed by atoms with Gasteiger partial charge in [-0.05, 0) is 35.2 Å². The Balaban J connectivity index is 2.01. The van der Waals surface area contributed by atoms with Crippen molar-refractivity contribution in [2.24, 2.45) is 0 Å². The highest BCUT2D eigenvalue weighted by atomic mass is 16.5. The molecule has 0 saturated heterocycles. The topological polar surface area (TPSA) is 56.8 Å². The van der Waals surface area contributed by atoms with E-state index in [1.54, 1.807) is 21.3 Å². The summed E-state index contributed by atoms with van der Waals surface area (Å²) < 4.78 is 16.0. The minimum atomic E-state index is -0.0296. The molecule has 0 bridgehead atoms. The molecule has 5 heteroatoms. The molecule has 0 radical (unpaired) electrons. The van der Waals surface area contributed by atoms with E-state index in [4.69, 9.17) is 14.2 Å². The smallest absolute Gasteiger partial charge is 0.224 e. The first-order valence-corrected chi connectivity index (χ1v) is 8.24. The second-order valence-electron chi connectivity index (χ2n) is 5.66. The van der Waals surface area contributed by atoms with Crippen LogP contribution >= 0.6 is 0 Å². The summed E-state index contributed by atoms with van der Waals surface area (Å²) in [5, 5.41) is 2.93. The fourth-order valence-electron chi connectivity index (χ4n) is 2.58. The number of benzene rings is 2. The summed E-state index contributed by atoms with van der Waals surface area (Å²) in [5.74, 6) is 1.65. The molecule has 0 aliphatic heterocycles. The first-order chi connectivity index (χ1) is 12.1. The maximum atomic E-state index is 12.2. The van der Waals surface area contributed by atoms with Crippen LogP contribution in [0.25, 0.3) is 0 Å². The van der Waals surface area contributed by atoms with Crippen molar-refractivity contribution in [2.75, 3.05) is 21.3 Å². The van der Waals surface area contributed by atoms with Gasteiger partial charge in [-0.2, -0.15) is 0 Å². The lowest BCUT2D eigenvalue weighted by atomic mass is 10.1.